The zero-order valence-corrected chi connectivity index (χ0v) is 10.4. The van der Waals surface area contributed by atoms with Crippen LogP contribution in [0.1, 0.15) is 18.4 Å². The van der Waals surface area contributed by atoms with E-state index in [1.807, 2.05) is 18.2 Å². The third-order valence-electron chi connectivity index (χ3n) is 3.20. The van der Waals surface area contributed by atoms with E-state index in [1.165, 1.54) is 5.56 Å². The Morgan fingerprint density at radius 1 is 1.39 bits per heavy atom. The fourth-order valence-corrected chi connectivity index (χ4v) is 2.20. The van der Waals surface area contributed by atoms with E-state index < -0.39 is 5.97 Å². The van der Waals surface area contributed by atoms with Gasteiger partial charge >= 0.3 is 5.97 Å². The van der Waals surface area contributed by atoms with Crippen molar-refractivity contribution in [2.45, 2.75) is 19.3 Å². The Morgan fingerprint density at radius 2 is 2.22 bits per heavy atom. The van der Waals surface area contributed by atoms with Crippen molar-refractivity contribution in [2.24, 2.45) is 5.92 Å². The van der Waals surface area contributed by atoms with Gasteiger partial charge in [0.2, 0.25) is 0 Å². The van der Waals surface area contributed by atoms with Crippen LogP contribution >= 0.6 is 0 Å². The van der Waals surface area contributed by atoms with Crippen LogP contribution in [0.3, 0.4) is 0 Å². The van der Waals surface area contributed by atoms with Crippen LogP contribution in [0.15, 0.2) is 24.3 Å². The molecule has 0 spiro atoms. The molecule has 0 radical (unpaired) electrons. The van der Waals surface area contributed by atoms with E-state index in [4.69, 9.17) is 9.84 Å². The van der Waals surface area contributed by atoms with Crippen LogP contribution in [-0.2, 0) is 11.2 Å². The summed E-state index contributed by atoms with van der Waals surface area (Å²) in [6.45, 7) is 2.15. The molecule has 0 amide bonds. The quantitative estimate of drug-likeness (QED) is 0.753. The van der Waals surface area contributed by atoms with Crippen molar-refractivity contribution in [2.75, 3.05) is 19.7 Å². The van der Waals surface area contributed by atoms with Gasteiger partial charge in [-0.2, -0.15) is 0 Å². The normalized spacial score (nSPS) is 17.9. The van der Waals surface area contributed by atoms with Crippen molar-refractivity contribution in [3.63, 3.8) is 0 Å². The van der Waals surface area contributed by atoms with Gasteiger partial charge in [0.05, 0.1) is 13.0 Å². The Hall–Kier alpha value is -1.55. The van der Waals surface area contributed by atoms with Crippen LogP contribution in [0.2, 0.25) is 0 Å². The summed E-state index contributed by atoms with van der Waals surface area (Å²) < 4.78 is 5.71. The van der Waals surface area contributed by atoms with Crippen LogP contribution in [-0.4, -0.2) is 30.8 Å². The Bertz CT molecular complexity index is 406. The molecular weight excluding hydrogens is 230 g/mol. The molecule has 0 aliphatic carbocycles. The molecule has 4 heteroatoms. The SMILES string of the molecule is O=C(O)CCNCC[C@H]1COc2ccccc2C1. The highest BCUT2D eigenvalue weighted by atomic mass is 16.5. The second kappa shape index (κ2) is 6.40. The number of carboxylic acids is 1. The van der Waals surface area contributed by atoms with Crippen molar-refractivity contribution in [1.29, 1.82) is 0 Å². The summed E-state index contributed by atoms with van der Waals surface area (Å²) in [6, 6.07) is 8.15. The largest absolute Gasteiger partial charge is 0.493 e. The molecule has 0 saturated carbocycles. The first-order valence-electron chi connectivity index (χ1n) is 6.39. The van der Waals surface area contributed by atoms with Gasteiger partial charge in [0.15, 0.2) is 0 Å². The Kier molecular flexibility index (Phi) is 4.59. The van der Waals surface area contributed by atoms with Crippen molar-refractivity contribution in [1.82, 2.24) is 5.32 Å². The molecule has 1 aromatic rings. The lowest BCUT2D eigenvalue weighted by Crippen LogP contribution is -2.26. The second-order valence-corrected chi connectivity index (χ2v) is 4.67. The molecule has 18 heavy (non-hydrogen) atoms. The van der Waals surface area contributed by atoms with E-state index in [1.54, 1.807) is 0 Å². The van der Waals surface area contributed by atoms with Gasteiger partial charge in [0.1, 0.15) is 5.75 Å². The van der Waals surface area contributed by atoms with Gasteiger partial charge in [-0.05, 0) is 36.9 Å². The van der Waals surface area contributed by atoms with Crippen molar-refractivity contribution in [3.8, 4) is 5.75 Å². The zero-order chi connectivity index (χ0) is 12.8. The molecule has 0 bridgehead atoms. The molecule has 1 aromatic carbocycles. The van der Waals surface area contributed by atoms with Crippen LogP contribution in [0.4, 0.5) is 0 Å². The topological polar surface area (TPSA) is 58.6 Å². The van der Waals surface area contributed by atoms with Crippen molar-refractivity contribution < 1.29 is 14.6 Å². The molecule has 2 N–H and O–H groups in total. The summed E-state index contributed by atoms with van der Waals surface area (Å²) in [5.41, 5.74) is 1.28. The number of carboxylic acid groups (broad SMARTS) is 1. The van der Waals surface area contributed by atoms with E-state index in [0.717, 1.165) is 31.7 Å². The fourth-order valence-electron chi connectivity index (χ4n) is 2.20. The number of fused-ring (bicyclic) bond motifs is 1. The number of hydrogen-bond donors (Lipinski definition) is 2. The van der Waals surface area contributed by atoms with Crippen molar-refractivity contribution in [3.05, 3.63) is 29.8 Å². The van der Waals surface area contributed by atoms with Gasteiger partial charge in [0.25, 0.3) is 0 Å². The van der Waals surface area contributed by atoms with Gasteiger partial charge in [0, 0.05) is 6.54 Å². The lowest BCUT2D eigenvalue weighted by atomic mass is 9.94. The lowest BCUT2D eigenvalue weighted by Gasteiger charge is -2.25. The summed E-state index contributed by atoms with van der Waals surface area (Å²) in [4.78, 5) is 10.3. The van der Waals surface area contributed by atoms with E-state index in [9.17, 15) is 4.79 Å². The number of aliphatic carboxylic acids is 1. The van der Waals surface area contributed by atoms with Crippen LogP contribution in [0, 0.1) is 5.92 Å². The number of carbonyl (C=O) groups is 1. The standard InChI is InChI=1S/C14H19NO3/c16-14(17)6-8-15-7-5-11-9-12-3-1-2-4-13(12)18-10-11/h1-4,11,15H,5-10H2,(H,16,17)/t11-/m1/s1. The van der Waals surface area contributed by atoms with E-state index in [0.29, 0.717) is 12.5 Å². The predicted molar refractivity (Wildman–Crippen MR) is 68.9 cm³/mol. The average Bonchev–Trinajstić information content (AvgIpc) is 2.38. The van der Waals surface area contributed by atoms with Gasteiger partial charge in [-0.3, -0.25) is 4.79 Å². The highest BCUT2D eigenvalue weighted by Gasteiger charge is 2.18. The Morgan fingerprint density at radius 3 is 3.06 bits per heavy atom. The number of rotatable bonds is 6. The van der Waals surface area contributed by atoms with E-state index in [2.05, 4.69) is 11.4 Å². The molecule has 1 atom stereocenters. The van der Waals surface area contributed by atoms with E-state index in [-0.39, 0.29) is 6.42 Å². The predicted octanol–water partition coefficient (Wildman–Crippen LogP) is 1.69. The third-order valence-corrected chi connectivity index (χ3v) is 3.20. The number of nitrogens with one attached hydrogen (secondary N) is 1. The first-order valence-corrected chi connectivity index (χ1v) is 6.39. The third kappa shape index (κ3) is 3.74. The molecule has 98 valence electrons. The van der Waals surface area contributed by atoms with Gasteiger partial charge < -0.3 is 15.2 Å². The second-order valence-electron chi connectivity index (χ2n) is 4.67. The fraction of sp³-hybridized carbons (Fsp3) is 0.500. The highest BCUT2D eigenvalue weighted by molar-refractivity contribution is 5.66. The smallest absolute Gasteiger partial charge is 0.304 e. The first-order chi connectivity index (χ1) is 8.75. The highest BCUT2D eigenvalue weighted by Crippen LogP contribution is 2.27. The molecule has 0 unspecified atom stereocenters. The molecule has 2 rings (SSSR count). The molecule has 0 fully saturated rings. The summed E-state index contributed by atoms with van der Waals surface area (Å²) >= 11 is 0. The Labute approximate surface area is 107 Å². The molecule has 1 heterocycles. The number of hydrogen-bond acceptors (Lipinski definition) is 3. The van der Waals surface area contributed by atoms with Gasteiger partial charge in [-0.1, -0.05) is 18.2 Å². The zero-order valence-electron chi connectivity index (χ0n) is 10.4. The Balaban J connectivity index is 1.68. The minimum absolute atomic E-state index is 0.185. The summed E-state index contributed by atoms with van der Waals surface area (Å²) in [6.07, 6.45) is 2.26. The average molecular weight is 249 g/mol. The number of para-hydroxylation sites is 1. The maximum absolute atomic E-state index is 10.3. The molecular formula is C14H19NO3. The molecule has 1 aliphatic rings. The molecule has 1 aliphatic heterocycles. The van der Waals surface area contributed by atoms with Crippen LogP contribution < -0.4 is 10.1 Å². The maximum Gasteiger partial charge on any atom is 0.304 e. The molecule has 0 saturated heterocycles. The van der Waals surface area contributed by atoms with Crippen LogP contribution in [0.5, 0.6) is 5.75 Å². The maximum atomic E-state index is 10.3. The molecule has 0 aromatic heterocycles. The summed E-state index contributed by atoms with van der Waals surface area (Å²) in [5.74, 6) is 0.780. The minimum Gasteiger partial charge on any atom is -0.493 e. The van der Waals surface area contributed by atoms with Gasteiger partial charge in [-0.15, -0.1) is 0 Å². The minimum atomic E-state index is -0.752. The number of benzene rings is 1. The summed E-state index contributed by atoms with van der Waals surface area (Å²) in [7, 11) is 0. The van der Waals surface area contributed by atoms with E-state index >= 15 is 0 Å². The first kappa shape index (κ1) is 12.9. The van der Waals surface area contributed by atoms with Gasteiger partial charge in [-0.25, -0.2) is 0 Å². The number of ether oxygens (including phenoxy) is 1. The summed E-state index contributed by atoms with van der Waals surface area (Å²) in [5, 5.41) is 11.7. The molecule has 4 nitrogen and oxygen atoms in total. The lowest BCUT2D eigenvalue weighted by molar-refractivity contribution is -0.136. The monoisotopic (exact) mass is 249 g/mol. The van der Waals surface area contributed by atoms with Crippen LogP contribution in [0.25, 0.3) is 0 Å². The van der Waals surface area contributed by atoms with Crippen molar-refractivity contribution >= 4 is 5.97 Å².